The molecule has 2 aliphatic rings. The molecule has 4 rings (SSSR count). The maximum absolute atomic E-state index is 13.8. The number of fused-ring (bicyclic) bond motifs is 3. The van der Waals surface area contributed by atoms with E-state index in [1.165, 1.54) is 0 Å². The van der Waals surface area contributed by atoms with Crippen molar-refractivity contribution in [3.8, 4) is 0 Å². The van der Waals surface area contributed by atoms with Crippen LogP contribution in [0.25, 0.3) is 10.9 Å². The molecule has 3 nitrogen and oxygen atoms in total. The summed E-state index contributed by atoms with van der Waals surface area (Å²) >= 11 is 16.0. The van der Waals surface area contributed by atoms with Crippen LogP contribution in [0.4, 0.5) is 8.78 Å². The van der Waals surface area contributed by atoms with Gasteiger partial charge >= 0.3 is 0 Å². The van der Waals surface area contributed by atoms with Gasteiger partial charge in [-0.2, -0.15) is 0 Å². The first-order valence-electron chi connectivity index (χ1n) is 8.03. The van der Waals surface area contributed by atoms with E-state index in [0.29, 0.717) is 41.6 Å². The van der Waals surface area contributed by atoms with Gasteiger partial charge < -0.3 is 14.5 Å². The van der Waals surface area contributed by atoms with Crippen LogP contribution in [0.5, 0.6) is 0 Å². The van der Waals surface area contributed by atoms with E-state index in [4.69, 9.17) is 32.7 Å². The van der Waals surface area contributed by atoms with Crippen LogP contribution in [0.15, 0.2) is 10.5 Å². The monoisotopic (exact) mass is 453 g/mol. The van der Waals surface area contributed by atoms with E-state index in [9.17, 15) is 8.78 Å². The number of aromatic amines is 1. The number of rotatable bonds is 2. The zero-order valence-electron chi connectivity index (χ0n) is 13.4. The fourth-order valence-corrected chi connectivity index (χ4v) is 5.23. The number of alkyl halides is 2. The highest BCUT2D eigenvalue weighted by molar-refractivity contribution is 9.10. The molecule has 1 aliphatic carbocycles. The van der Waals surface area contributed by atoms with Gasteiger partial charge in [0.1, 0.15) is 0 Å². The molecule has 1 aromatic heterocycles. The molecule has 1 aliphatic heterocycles. The largest absolute Gasteiger partial charge is 0.357 e. The van der Waals surface area contributed by atoms with Crippen molar-refractivity contribution in [2.24, 2.45) is 0 Å². The van der Waals surface area contributed by atoms with Crippen LogP contribution in [0.2, 0.25) is 10.0 Å². The summed E-state index contributed by atoms with van der Waals surface area (Å²) < 4.78 is 40.1. The molecule has 136 valence electrons. The molecule has 1 N–H and O–H groups in total. The summed E-state index contributed by atoms with van der Waals surface area (Å²) in [6.07, 6.45) is 0.591. The molecule has 8 heteroatoms. The van der Waals surface area contributed by atoms with Crippen molar-refractivity contribution in [3.63, 3.8) is 0 Å². The lowest BCUT2D eigenvalue weighted by molar-refractivity contribution is -0.171. The molecule has 0 radical (unpaired) electrons. The van der Waals surface area contributed by atoms with Crippen molar-refractivity contribution in [1.82, 2.24) is 4.98 Å². The molecule has 0 amide bonds. The third-order valence-corrected chi connectivity index (χ3v) is 6.30. The first-order chi connectivity index (χ1) is 11.7. The Hall–Kier alpha value is -0.400. The third kappa shape index (κ3) is 3.10. The van der Waals surface area contributed by atoms with Gasteiger partial charge in [-0.1, -0.05) is 39.1 Å². The van der Waals surface area contributed by atoms with E-state index in [2.05, 4.69) is 20.9 Å². The highest BCUT2D eigenvalue weighted by Gasteiger charge is 2.47. The van der Waals surface area contributed by atoms with Crippen molar-refractivity contribution in [2.75, 3.05) is 13.2 Å². The number of aromatic nitrogens is 1. The minimum Gasteiger partial charge on any atom is -0.357 e. The van der Waals surface area contributed by atoms with Crippen LogP contribution < -0.4 is 0 Å². The van der Waals surface area contributed by atoms with Gasteiger partial charge in [0.15, 0.2) is 5.79 Å². The van der Waals surface area contributed by atoms with E-state index < -0.39 is 17.6 Å². The topological polar surface area (TPSA) is 34.2 Å². The van der Waals surface area contributed by atoms with E-state index in [1.807, 2.05) is 0 Å². The zero-order chi connectivity index (χ0) is 18.0. The maximum atomic E-state index is 13.8. The summed E-state index contributed by atoms with van der Waals surface area (Å²) in [6.45, 7) is 1.88. The second-order valence-electron chi connectivity index (χ2n) is 6.88. The van der Waals surface area contributed by atoms with E-state index in [0.717, 1.165) is 28.0 Å². The number of hydrogen-bond acceptors (Lipinski definition) is 2. The van der Waals surface area contributed by atoms with Crippen LogP contribution in [0, 0.1) is 0 Å². The quantitative estimate of drug-likeness (QED) is 0.560. The Bertz CT molecular complexity index is 844. The summed E-state index contributed by atoms with van der Waals surface area (Å²) in [5.74, 6) is -4.06. The molecular weight excluding hydrogens is 439 g/mol. The lowest BCUT2D eigenvalue weighted by Gasteiger charge is -2.37. The van der Waals surface area contributed by atoms with Crippen molar-refractivity contribution in [3.05, 3.63) is 31.8 Å². The average Bonchev–Trinajstić information content (AvgIpc) is 3.09. The highest BCUT2D eigenvalue weighted by Crippen LogP contribution is 2.50. The number of H-pyrrole nitrogens is 1. The van der Waals surface area contributed by atoms with Crippen LogP contribution in [-0.4, -0.2) is 29.9 Å². The molecule has 2 heterocycles. The summed E-state index contributed by atoms with van der Waals surface area (Å²) in [4.78, 5) is 3.25. The Morgan fingerprint density at radius 2 is 2.04 bits per heavy atom. The summed E-state index contributed by atoms with van der Waals surface area (Å²) in [5.41, 5.74) is 2.33. The fourth-order valence-electron chi connectivity index (χ4n) is 4.03. The number of halogens is 5. The van der Waals surface area contributed by atoms with Crippen molar-refractivity contribution < 1.29 is 18.3 Å². The molecule has 0 saturated carbocycles. The summed E-state index contributed by atoms with van der Waals surface area (Å²) in [7, 11) is 0. The number of benzene rings is 1. The second kappa shape index (κ2) is 6.06. The Kier molecular flexibility index (Phi) is 4.36. The fraction of sp³-hybridized carbons (Fsp3) is 0.529. The lowest BCUT2D eigenvalue weighted by Crippen LogP contribution is -2.39. The summed E-state index contributed by atoms with van der Waals surface area (Å²) in [5, 5.41) is 1.64. The normalized spacial score (nSPS) is 22.7. The molecule has 25 heavy (non-hydrogen) atoms. The number of nitrogens with one attached hydrogen (secondary N) is 1. The first-order valence-corrected chi connectivity index (χ1v) is 9.58. The van der Waals surface area contributed by atoms with Crippen LogP contribution in [0.1, 0.15) is 36.9 Å². The summed E-state index contributed by atoms with van der Waals surface area (Å²) in [6, 6.07) is 1.72. The lowest BCUT2D eigenvalue weighted by atomic mass is 9.80. The maximum Gasteiger partial charge on any atom is 0.246 e. The molecule has 2 aromatic rings. The van der Waals surface area contributed by atoms with E-state index >= 15 is 0 Å². The third-order valence-electron chi connectivity index (χ3n) is 4.89. The molecule has 1 fully saturated rings. The predicted octanol–water partition coefficient (Wildman–Crippen LogP) is 6.06. The van der Waals surface area contributed by atoms with Gasteiger partial charge in [-0.25, -0.2) is 8.78 Å². The highest BCUT2D eigenvalue weighted by atomic mass is 79.9. The number of ether oxygens (including phenoxy) is 2. The van der Waals surface area contributed by atoms with Crippen LogP contribution >= 0.6 is 39.1 Å². The molecule has 1 atom stereocenters. The van der Waals surface area contributed by atoms with Gasteiger partial charge in [-0.05, 0) is 18.6 Å². The Morgan fingerprint density at radius 3 is 2.68 bits per heavy atom. The average molecular weight is 455 g/mol. The minimum atomic E-state index is -2.80. The SMILES string of the molecule is CC(F)(F)CC1CC2(Cc3c1[nH]c1c(Cl)c(Cl)cc(Br)c31)OCCO2. The van der Waals surface area contributed by atoms with E-state index in [1.54, 1.807) is 6.07 Å². The van der Waals surface area contributed by atoms with Gasteiger partial charge in [0.2, 0.25) is 5.92 Å². The molecular formula is C17H16BrCl2F2NO2. The standard InChI is InChI=1S/C17H16BrCl2F2NO2/c1-16(21,22)5-8-6-17(24-2-3-25-17)7-9-12-10(18)4-11(19)13(20)15(12)23-14(8)9/h4,8,23H,2-3,5-7H2,1H3. The molecule has 1 spiro atoms. The van der Waals surface area contributed by atoms with Gasteiger partial charge in [0, 0.05) is 40.7 Å². The minimum absolute atomic E-state index is 0.287. The second-order valence-corrected chi connectivity index (χ2v) is 8.52. The van der Waals surface area contributed by atoms with Crippen molar-refractivity contribution >= 4 is 50.0 Å². The Balaban J connectivity index is 1.92. The predicted molar refractivity (Wildman–Crippen MR) is 97.0 cm³/mol. The molecule has 1 unspecified atom stereocenters. The van der Waals surface area contributed by atoms with Crippen LogP contribution in [0.3, 0.4) is 0 Å². The molecule has 1 aromatic carbocycles. The van der Waals surface area contributed by atoms with E-state index in [-0.39, 0.29) is 6.42 Å². The van der Waals surface area contributed by atoms with Gasteiger partial charge in [0.25, 0.3) is 0 Å². The number of hydrogen-bond donors (Lipinski definition) is 1. The Morgan fingerprint density at radius 1 is 1.36 bits per heavy atom. The first kappa shape index (κ1) is 18.0. The molecule has 0 bridgehead atoms. The van der Waals surface area contributed by atoms with Crippen molar-refractivity contribution in [2.45, 2.75) is 43.8 Å². The van der Waals surface area contributed by atoms with Gasteiger partial charge in [-0.15, -0.1) is 0 Å². The Labute approximate surface area is 162 Å². The smallest absolute Gasteiger partial charge is 0.246 e. The molecule has 1 saturated heterocycles. The zero-order valence-corrected chi connectivity index (χ0v) is 16.5. The van der Waals surface area contributed by atoms with Gasteiger partial charge in [0.05, 0.1) is 28.8 Å². The van der Waals surface area contributed by atoms with Crippen LogP contribution in [-0.2, 0) is 15.9 Å². The van der Waals surface area contributed by atoms with Gasteiger partial charge in [-0.3, -0.25) is 0 Å². The van der Waals surface area contributed by atoms with Crippen molar-refractivity contribution in [1.29, 1.82) is 0 Å².